The molecule has 1 aromatic carbocycles. The molecule has 2 amide bonds. The number of amides is 2. The topological polar surface area (TPSA) is 101 Å². The number of benzene rings is 1. The molecule has 0 saturated carbocycles. The van der Waals surface area contributed by atoms with E-state index in [4.69, 9.17) is 0 Å². The Bertz CT molecular complexity index is 806. The van der Waals surface area contributed by atoms with Gasteiger partial charge in [-0.15, -0.1) is 12.4 Å². The number of halogens is 2. The molecule has 1 aromatic heterocycles. The summed E-state index contributed by atoms with van der Waals surface area (Å²) in [7, 11) is 1.71. The van der Waals surface area contributed by atoms with Gasteiger partial charge in [0.1, 0.15) is 5.82 Å². The molecule has 0 unspecified atom stereocenters. The number of nitrogens with zero attached hydrogens (tertiary/aromatic N) is 3. The van der Waals surface area contributed by atoms with Gasteiger partial charge in [-0.2, -0.15) is 10.1 Å². The SMILES string of the molecule is Cl.Cn1nc(C2CCNCC2)nc1NC(=O)CNC(=O)c1cccc(F)c1. The summed E-state index contributed by atoms with van der Waals surface area (Å²) < 4.78 is 14.7. The van der Waals surface area contributed by atoms with Crippen molar-refractivity contribution in [2.75, 3.05) is 25.0 Å². The zero-order valence-electron chi connectivity index (χ0n) is 14.9. The normalized spacial score (nSPS) is 14.3. The Kier molecular flexibility index (Phi) is 7.26. The molecule has 27 heavy (non-hydrogen) atoms. The van der Waals surface area contributed by atoms with Gasteiger partial charge in [0, 0.05) is 18.5 Å². The summed E-state index contributed by atoms with van der Waals surface area (Å²) in [6, 6.07) is 5.27. The van der Waals surface area contributed by atoms with Crippen molar-refractivity contribution in [2.24, 2.45) is 7.05 Å². The standard InChI is InChI=1S/C17H21FN6O2.ClH/c1-24-17(22-15(23-24)11-5-7-19-8-6-11)21-14(25)10-20-16(26)12-3-2-4-13(18)9-12;/h2-4,9,11,19H,5-8,10H2,1H3,(H,20,26)(H,21,22,23,25);1H. The molecule has 146 valence electrons. The van der Waals surface area contributed by atoms with Gasteiger partial charge in [0.15, 0.2) is 5.82 Å². The summed E-state index contributed by atoms with van der Waals surface area (Å²) in [5, 5.41) is 12.7. The highest BCUT2D eigenvalue weighted by molar-refractivity contribution is 5.98. The second-order valence-electron chi connectivity index (χ2n) is 6.18. The summed E-state index contributed by atoms with van der Waals surface area (Å²) in [5.41, 5.74) is 0.157. The van der Waals surface area contributed by atoms with E-state index in [1.54, 1.807) is 7.05 Å². The van der Waals surface area contributed by atoms with Crippen molar-refractivity contribution in [3.63, 3.8) is 0 Å². The number of carbonyl (C=O) groups is 2. The van der Waals surface area contributed by atoms with Crippen molar-refractivity contribution in [3.05, 3.63) is 41.5 Å². The maximum absolute atomic E-state index is 13.1. The van der Waals surface area contributed by atoms with Crippen LogP contribution in [0.4, 0.5) is 10.3 Å². The summed E-state index contributed by atoms with van der Waals surface area (Å²) >= 11 is 0. The molecule has 1 aliphatic heterocycles. The number of nitrogens with one attached hydrogen (secondary N) is 3. The van der Waals surface area contributed by atoms with Gasteiger partial charge in [-0.3, -0.25) is 14.9 Å². The Morgan fingerprint density at radius 2 is 2.07 bits per heavy atom. The Morgan fingerprint density at radius 1 is 1.33 bits per heavy atom. The van der Waals surface area contributed by atoms with Crippen LogP contribution in [0.5, 0.6) is 0 Å². The number of carbonyl (C=O) groups excluding carboxylic acids is 2. The number of aryl methyl sites for hydroxylation is 1. The van der Waals surface area contributed by atoms with Crippen LogP contribution in [0.3, 0.4) is 0 Å². The quantitative estimate of drug-likeness (QED) is 0.705. The van der Waals surface area contributed by atoms with Crippen molar-refractivity contribution in [1.82, 2.24) is 25.4 Å². The van der Waals surface area contributed by atoms with Crippen LogP contribution in [0, 0.1) is 5.82 Å². The highest BCUT2D eigenvalue weighted by Crippen LogP contribution is 2.23. The van der Waals surface area contributed by atoms with E-state index in [-0.39, 0.29) is 30.4 Å². The molecule has 0 aliphatic carbocycles. The molecule has 2 heterocycles. The zero-order chi connectivity index (χ0) is 18.5. The second-order valence-corrected chi connectivity index (χ2v) is 6.18. The van der Waals surface area contributed by atoms with E-state index in [1.165, 1.54) is 22.9 Å². The summed E-state index contributed by atoms with van der Waals surface area (Å²) in [5.74, 6) is -0.126. The van der Waals surface area contributed by atoms with Crippen molar-refractivity contribution in [3.8, 4) is 0 Å². The molecular weight excluding hydrogens is 375 g/mol. The zero-order valence-corrected chi connectivity index (χ0v) is 15.7. The van der Waals surface area contributed by atoms with Crippen LogP contribution in [0.2, 0.25) is 0 Å². The van der Waals surface area contributed by atoms with Gasteiger partial charge in [-0.1, -0.05) is 6.07 Å². The fourth-order valence-corrected chi connectivity index (χ4v) is 2.83. The van der Waals surface area contributed by atoms with Gasteiger partial charge in [0.25, 0.3) is 5.91 Å². The predicted octanol–water partition coefficient (Wildman–Crippen LogP) is 1.21. The lowest BCUT2D eigenvalue weighted by molar-refractivity contribution is -0.115. The lowest BCUT2D eigenvalue weighted by atomic mass is 9.98. The van der Waals surface area contributed by atoms with E-state index in [1.807, 2.05) is 0 Å². The van der Waals surface area contributed by atoms with Crippen molar-refractivity contribution in [1.29, 1.82) is 0 Å². The minimum absolute atomic E-state index is 0. The van der Waals surface area contributed by atoms with Gasteiger partial charge >= 0.3 is 0 Å². The first-order chi connectivity index (χ1) is 12.5. The Morgan fingerprint density at radius 3 is 2.78 bits per heavy atom. The lowest BCUT2D eigenvalue weighted by Crippen LogP contribution is -2.33. The average Bonchev–Trinajstić information content (AvgIpc) is 3.01. The van der Waals surface area contributed by atoms with E-state index in [2.05, 4.69) is 26.0 Å². The first kappa shape index (κ1) is 20.8. The smallest absolute Gasteiger partial charge is 0.251 e. The molecule has 1 fully saturated rings. The molecule has 3 N–H and O–H groups in total. The van der Waals surface area contributed by atoms with Crippen LogP contribution in [0.1, 0.15) is 34.9 Å². The molecule has 1 saturated heterocycles. The van der Waals surface area contributed by atoms with Gasteiger partial charge < -0.3 is 10.6 Å². The third-order valence-corrected chi connectivity index (χ3v) is 4.23. The van der Waals surface area contributed by atoms with Crippen molar-refractivity contribution < 1.29 is 14.0 Å². The molecule has 10 heteroatoms. The molecule has 0 bridgehead atoms. The van der Waals surface area contributed by atoms with Gasteiger partial charge in [-0.25, -0.2) is 9.07 Å². The third-order valence-electron chi connectivity index (χ3n) is 4.23. The van der Waals surface area contributed by atoms with E-state index in [0.29, 0.717) is 11.8 Å². The van der Waals surface area contributed by atoms with Crippen LogP contribution >= 0.6 is 12.4 Å². The molecular formula is C17H22ClFN6O2. The van der Waals surface area contributed by atoms with Crippen LogP contribution in [-0.4, -0.2) is 46.2 Å². The summed E-state index contributed by atoms with van der Waals surface area (Å²) in [4.78, 5) is 28.4. The molecule has 0 radical (unpaired) electrons. The predicted molar refractivity (Wildman–Crippen MR) is 100 cm³/mol. The third kappa shape index (κ3) is 5.48. The van der Waals surface area contributed by atoms with Gasteiger partial charge in [0.05, 0.1) is 6.54 Å². The first-order valence-corrected chi connectivity index (χ1v) is 8.48. The van der Waals surface area contributed by atoms with Crippen LogP contribution in [0.15, 0.2) is 24.3 Å². The van der Waals surface area contributed by atoms with Crippen molar-refractivity contribution >= 4 is 30.2 Å². The van der Waals surface area contributed by atoms with E-state index in [9.17, 15) is 14.0 Å². The van der Waals surface area contributed by atoms with Crippen LogP contribution < -0.4 is 16.0 Å². The molecule has 2 aromatic rings. The highest BCUT2D eigenvalue weighted by atomic mass is 35.5. The maximum atomic E-state index is 13.1. The Labute approximate surface area is 162 Å². The molecule has 8 nitrogen and oxygen atoms in total. The minimum atomic E-state index is -0.520. The fourth-order valence-electron chi connectivity index (χ4n) is 2.83. The van der Waals surface area contributed by atoms with E-state index >= 15 is 0 Å². The van der Waals surface area contributed by atoms with Gasteiger partial charge in [-0.05, 0) is 44.1 Å². The Hall–Kier alpha value is -2.52. The van der Waals surface area contributed by atoms with Gasteiger partial charge in [0.2, 0.25) is 11.9 Å². The second kappa shape index (κ2) is 9.43. The van der Waals surface area contributed by atoms with Crippen LogP contribution in [0.25, 0.3) is 0 Å². The number of aromatic nitrogens is 3. The highest BCUT2D eigenvalue weighted by Gasteiger charge is 2.21. The number of piperidine rings is 1. The van der Waals surface area contributed by atoms with E-state index in [0.717, 1.165) is 32.0 Å². The molecule has 1 aliphatic rings. The van der Waals surface area contributed by atoms with Crippen LogP contribution in [-0.2, 0) is 11.8 Å². The molecule has 3 rings (SSSR count). The Balaban J connectivity index is 0.00000261. The number of hydrogen-bond donors (Lipinski definition) is 3. The number of anilines is 1. The average molecular weight is 397 g/mol. The monoisotopic (exact) mass is 396 g/mol. The number of rotatable bonds is 5. The first-order valence-electron chi connectivity index (χ1n) is 8.48. The number of hydrogen-bond acceptors (Lipinski definition) is 5. The fraction of sp³-hybridized carbons (Fsp3) is 0.412. The molecule has 0 spiro atoms. The molecule has 0 atom stereocenters. The lowest BCUT2D eigenvalue weighted by Gasteiger charge is -2.19. The largest absolute Gasteiger partial charge is 0.343 e. The summed E-state index contributed by atoms with van der Waals surface area (Å²) in [6.45, 7) is 1.61. The van der Waals surface area contributed by atoms with Crippen molar-refractivity contribution in [2.45, 2.75) is 18.8 Å². The minimum Gasteiger partial charge on any atom is -0.343 e. The maximum Gasteiger partial charge on any atom is 0.251 e. The van der Waals surface area contributed by atoms with E-state index < -0.39 is 17.6 Å². The summed E-state index contributed by atoms with van der Waals surface area (Å²) in [6.07, 6.45) is 1.92.